The first-order valence-electron chi connectivity index (χ1n) is 5.43. The van der Waals surface area contributed by atoms with Crippen LogP contribution in [0.15, 0.2) is 28.5 Å². The van der Waals surface area contributed by atoms with E-state index in [4.69, 9.17) is 10.9 Å². The number of nitrogens with one attached hydrogen (secondary N) is 1. The second-order valence-corrected chi connectivity index (χ2v) is 6.47. The van der Waals surface area contributed by atoms with Gasteiger partial charge in [-0.2, -0.15) is 0 Å². The monoisotopic (exact) mass is 312 g/mol. The fourth-order valence-corrected chi connectivity index (χ4v) is 2.92. The van der Waals surface area contributed by atoms with E-state index in [1.54, 1.807) is 19.1 Å². The molecule has 20 heavy (non-hydrogen) atoms. The molecule has 0 aliphatic heterocycles. The Kier molecular flexibility index (Phi) is 3.75. The van der Waals surface area contributed by atoms with Crippen LogP contribution >= 0.6 is 11.3 Å². The summed E-state index contributed by atoms with van der Waals surface area (Å²) in [5, 5.41) is 9.44. The summed E-state index contributed by atoms with van der Waals surface area (Å²) in [5.41, 5.74) is 6.43. The third kappa shape index (κ3) is 3.13. The van der Waals surface area contributed by atoms with Gasteiger partial charge >= 0.3 is 0 Å². The fourth-order valence-electron chi connectivity index (χ4n) is 1.57. The molecule has 2 aromatic rings. The molecule has 0 unspecified atom stereocenters. The van der Waals surface area contributed by atoms with Crippen molar-refractivity contribution in [2.24, 2.45) is 5.14 Å². The van der Waals surface area contributed by atoms with Crippen LogP contribution in [-0.4, -0.2) is 19.3 Å². The van der Waals surface area contributed by atoms with Gasteiger partial charge in [-0.1, -0.05) is 6.07 Å². The lowest BCUT2D eigenvalue weighted by molar-refractivity contribution is 0.102. The quantitative estimate of drug-likeness (QED) is 0.776. The highest BCUT2D eigenvalue weighted by Crippen LogP contribution is 2.20. The second kappa shape index (κ2) is 5.19. The number of nitrogens with zero attached hydrogens (tertiary/aromatic N) is 1. The van der Waals surface area contributed by atoms with Crippen LogP contribution in [0.4, 0.5) is 10.8 Å². The van der Waals surface area contributed by atoms with Crippen molar-refractivity contribution in [3.63, 3.8) is 0 Å². The molecule has 0 bridgehead atoms. The van der Waals surface area contributed by atoms with Crippen LogP contribution in [0.5, 0.6) is 0 Å². The molecule has 0 spiro atoms. The number of hydrogen-bond acceptors (Lipinski definition) is 6. The van der Waals surface area contributed by atoms with Gasteiger partial charge in [-0.25, -0.2) is 18.5 Å². The molecular formula is C11H12N4O3S2. The molecular weight excluding hydrogens is 300 g/mol. The van der Waals surface area contributed by atoms with E-state index < -0.39 is 15.9 Å². The molecule has 106 valence electrons. The van der Waals surface area contributed by atoms with E-state index >= 15 is 0 Å². The van der Waals surface area contributed by atoms with Gasteiger partial charge in [0.25, 0.3) is 5.91 Å². The van der Waals surface area contributed by atoms with Crippen LogP contribution < -0.4 is 16.2 Å². The molecule has 7 nitrogen and oxygen atoms in total. The lowest BCUT2D eigenvalue weighted by atomic mass is 10.2. The zero-order valence-electron chi connectivity index (χ0n) is 10.5. The highest BCUT2D eigenvalue weighted by molar-refractivity contribution is 7.89. The third-order valence-corrected chi connectivity index (χ3v) is 4.23. The molecule has 0 fully saturated rings. The average molecular weight is 312 g/mol. The number of nitrogen functional groups attached to an aromatic ring is 1. The number of amides is 1. The number of aryl methyl sites for hydroxylation is 1. The van der Waals surface area contributed by atoms with Crippen molar-refractivity contribution in [3.05, 3.63) is 34.8 Å². The molecule has 1 amide bonds. The normalized spacial score (nSPS) is 11.3. The molecule has 1 aromatic carbocycles. The van der Waals surface area contributed by atoms with Crippen LogP contribution in [-0.2, 0) is 10.0 Å². The minimum absolute atomic E-state index is 0.0342. The molecule has 9 heteroatoms. The molecule has 0 aliphatic rings. The summed E-state index contributed by atoms with van der Waals surface area (Å²) < 4.78 is 22.8. The van der Waals surface area contributed by atoms with E-state index in [2.05, 4.69) is 10.3 Å². The largest absolute Gasteiger partial charge is 0.375 e. The van der Waals surface area contributed by atoms with Gasteiger partial charge in [0.05, 0.1) is 4.90 Å². The van der Waals surface area contributed by atoms with E-state index in [1.807, 2.05) is 0 Å². The molecule has 1 aromatic heterocycles. The molecule has 5 N–H and O–H groups in total. The number of rotatable bonds is 3. The summed E-state index contributed by atoms with van der Waals surface area (Å²) in [6, 6.07) is 4.45. The standard InChI is InChI=1S/C11H12N4O3S2/c1-6-2-3-7(4-9(6)20(13,17)18)14-10(16)8-5-19-11(12)15-8/h2-5H,1H3,(H2,12,15)(H,14,16)(H2,13,17,18). The van der Waals surface area contributed by atoms with E-state index in [9.17, 15) is 13.2 Å². The minimum atomic E-state index is -3.84. The van der Waals surface area contributed by atoms with Crippen LogP contribution in [0, 0.1) is 6.92 Å². The molecule has 0 radical (unpaired) electrons. The smallest absolute Gasteiger partial charge is 0.275 e. The zero-order valence-corrected chi connectivity index (χ0v) is 12.1. The van der Waals surface area contributed by atoms with Crippen molar-refractivity contribution < 1.29 is 13.2 Å². The van der Waals surface area contributed by atoms with Crippen molar-refractivity contribution in [1.29, 1.82) is 0 Å². The Morgan fingerprint density at radius 2 is 2.10 bits per heavy atom. The Morgan fingerprint density at radius 1 is 1.40 bits per heavy atom. The first-order chi connectivity index (χ1) is 9.27. The van der Waals surface area contributed by atoms with E-state index in [-0.39, 0.29) is 15.7 Å². The summed E-state index contributed by atoms with van der Waals surface area (Å²) in [7, 11) is -3.84. The Labute approximate surface area is 119 Å². The van der Waals surface area contributed by atoms with Crippen LogP contribution in [0.2, 0.25) is 0 Å². The highest BCUT2D eigenvalue weighted by Gasteiger charge is 2.14. The lowest BCUT2D eigenvalue weighted by Gasteiger charge is -2.08. The van der Waals surface area contributed by atoms with Crippen molar-refractivity contribution in [3.8, 4) is 0 Å². The van der Waals surface area contributed by atoms with E-state index in [0.29, 0.717) is 11.3 Å². The molecule has 1 heterocycles. The predicted octanol–water partition coefficient (Wildman–Crippen LogP) is 0.933. The number of carbonyl (C=O) groups excluding carboxylic acids is 1. The van der Waals surface area contributed by atoms with Crippen molar-refractivity contribution in [1.82, 2.24) is 4.98 Å². The van der Waals surface area contributed by atoms with Gasteiger partial charge in [0.1, 0.15) is 5.69 Å². The number of anilines is 2. The van der Waals surface area contributed by atoms with Crippen LogP contribution in [0.1, 0.15) is 16.1 Å². The molecule has 0 saturated carbocycles. The highest BCUT2D eigenvalue weighted by atomic mass is 32.2. The molecule has 0 atom stereocenters. The topological polar surface area (TPSA) is 128 Å². The Morgan fingerprint density at radius 3 is 2.65 bits per heavy atom. The Hall–Kier alpha value is -1.97. The van der Waals surface area contributed by atoms with E-state index in [0.717, 1.165) is 11.3 Å². The molecule has 0 saturated heterocycles. The minimum Gasteiger partial charge on any atom is -0.375 e. The van der Waals surface area contributed by atoms with Gasteiger partial charge in [0, 0.05) is 11.1 Å². The number of aromatic nitrogens is 1. The number of hydrogen-bond donors (Lipinski definition) is 3. The zero-order chi connectivity index (χ0) is 14.9. The average Bonchev–Trinajstić information content (AvgIpc) is 2.77. The van der Waals surface area contributed by atoms with Gasteiger partial charge in [-0.05, 0) is 24.6 Å². The van der Waals surface area contributed by atoms with E-state index in [1.165, 1.54) is 11.4 Å². The number of carbonyl (C=O) groups is 1. The Bertz CT molecular complexity index is 768. The summed E-state index contributed by atoms with van der Waals surface area (Å²) in [6.07, 6.45) is 0. The summed E-state index contributed by atoms with van der Waals surface area (Å²) >= 11 is 1.14. The fraction of sp³-hybridized carbons (Fsp3) is 0.0909. The lowest BCUT2D eigenvalue weighted by Crippen LogP contribution is -2.16. The maximum atomic E-state index is 11.9. The number of nitrogens with two attached hydrogens (primary N) is 2. The van der Waals surface area contributed by atoms with Gasteiger partial charge in [-0.15, -0.1) is 11.3 Å². The first-order valence-corrected chi connectivity index (χ1v) is 7.86. The first kappa shape index (κ1) is 14.4. The summed E-state index contributed by atoms with van der Waals surface area (Å²) in [4.78, 5) is 15.7. The SMILES string of the molecule is Cc1ccc(NC(=O)c2csc(N)n2)cc1S(N)(=O)=O. The van der Waals surface area contributed by atoms with Gasteiger partial charge in [0.2, 0.25) is 10.0 Å². The Balaban J connectivity index is 2.29. The van der Waals surface area contributed by atoms with Gasteiger partial charge in [-0.3, -0.25) is 4.79 Å². The number of thiazole rings is 1. The van der Waals surface area contributed by atoms with Gasteiger partial charge < -0.3 is 11.1 Å². The van der Waals surface area contributed by atoms with Crippen molar-refractivity contribution in [2.45, 2.75) is 11.8 Å². The molecule has 0 aliphatic carbocycles. The van der Waals surface area contributed by atoms with Gasteiger partial charge in [0.15, 0.2) is 5.13 Å². The number of benzene rings is 1. The predicted molar refractivity (Wildman–Crippen MR) is 77.0 cm³/mol. The summed E-state index contributed by atoms with van der Waals surface area (Å²) in [6.45, 7) is 1.62. The van der Waals surface area contributed by atoms with Crippen LogP contribution in [0.3, 0.4) is 0 Å². The maximum Gasteiger partial charge on any atom is 0.275 e. The number of primary sulfonamides is 1. The maximum absolute atomic E-state index is 11.9. The third-order valence-electron chi connectivity index (χ3n) is 2.51. The summed E-state index contributed by atoms with van der Waals surface area (Å²) in [5.74, 6) is -0.470. The van der Waals surface area contributed by atoms with Crippen molar-refractivity contribution >= 4 is 38.1 Å². The van der Waals surface area contributed by atoms with Crippen LogP contribution in [0.25, 0.3) is 0 Å². The number of sulfonamides is 1. The second-order valence-electron chi connectivity index (χ2n) is 4.05. The van der Waals surface area contributed by atoms with Crippen molar-refractivity contribution in [2.75, 3.05) is 11.1 Å². The molecule has 2 rings (SSSR count).